The molecule has 0 aromatic heterocycles. The van der Waals surface area contributed by atoms with E-state index in [2.05, 4.69) is 24.3 Å². The fourth-order valence-electron chi connectivity index (χ4n) is 18.4. The molecule has 24 nitrogen and oxygen atoms in total. The van der Waals surface area contributed by atoms with Crippen LogP contribution in [0.2, 0.25) is 40.2 Å². The molecule has 8 aliphatic rings. The van der Waals surface area contributed by atoms with Crippen molar-refractivity contribution in [2.75, 3.05) is 26.2 Å². The minimum atomic E-state index is -0.626. The number of carbonyl (C=O) groups is 4. The Bertz CT molecular complexity index is 6070. The van der Waals surface area contributed by atoms with Gasteiger partial charge in [-0.1, -0.05) is 238 Å². The molecule has 4 heterocycles. The van der Waals surface area contributed by atoms with Crippen molar-refractivity contribution in [1.29, 1.82) is 21.0 Å². The summed E-state index contributed by atoms with van der Waals surface area (Å²) in [4.78, 5) is 128. The molecule has 4 aliphatic carbocycles. The van der Waals surface area contributed by atoms with Gasteiger partial charge in [0.2, 0.25) is 0 Å². The lowest BCUT2D eigenvalue weighted by molar-refractivity contribution is -0.193. The molecule has 0 unspecified atom stereocenters. The molecule has 8 fully saturated rings. The Morgan fingerprint density at radius 1 is 0.230 bits per heavy atom. The minimum Gasteiger partial charge on any atom is -0.358 e. The molecule has 0 N–H and O–H groups in total. The van der Waals surface area contributed by atoms with E-state index in [0.717, 1.165) is 118 Å². The van der Waals surface area contributed by atoms with Crippen LogP contribution in [0.1, 0.15) is 189 Å². The number of amides is 4. The zero-order chi connectivity index (χ0) is 105. The molecule has 148 heavy (non-hydrogen) atoms. The predicted molar refractivity (Wildman–Crippen MR) is 550 cm³/mol. The molecular formula is C116H96Cl8N8O16. The number of rotatable bonds is 24. The van der Waals surface area contributed by atoms with E-state index in [9.17, 15) is 19.2 Å². The van der Waals surface area contributed by atoms with Crippen LogP contribution in [0.5, 0.6) is 0 Å². The maximum atomic E-state index is 13.8. The normalized spacial score (nSPS) is 20.8. The Morgan fingerprint density at radius 2 is 0.399 bits per heavy atom. The molecule has 20 rings (SSSR count). The molecule has 4 saturated carbocycles. The molecule has 12 aromatic carbocycles. The first-order valence-electron chi connectivity index (χ1n) is 47.5. The molecule has 12 atom stereocenters. The lowest BCUT2D eigenvalue weighted by atomic mass is 9.90. The van der Waals surface area contributed by atoms with Crippen LogP contribution in [0.15, 0.2) is 291 Å². The van der Waals surface area contributed by atoms with Gasteiger partial charge >= 0.3 is 24.6 Å². The quantitative estimate of drug-likeness (QED) is 0.0542. The number of ether oxygens (including phenoxy) is 4. The van der Waals surface area contributed by atoms with Gasteiger partial charge in [-0.25, -0.2) is 0 Å². The van der Waals surface area contributed by atoms with Gasteiger partial charge in [-0.15, -0.1) is 0 Å². The third kappa shape index (κ3) is 31.2. The van der Waals surface area contributed by atoms with E-state index in [1.165, 1.54) is 0 Å². The third-order valence-corrected chi connectivity index (χ3v) is 28.1. The first-order chi connectivity index (χ1) is 71.7. The molecule has 4 amide bonds. The number of carbonyl (C=O) groups excluding carboxylic acids is 12. The van der Waals surface area contributed by atoms with Gasteiger partial charge in [-0.3, -0.25) is 19.2 Å². The fraction of sp³-hybridized carbons (Fsp3) is 0.276. The van der Waals surface area contributed by atoms with Crippen molar-refractivity contribution < 1.29 is 76.5 Å². The van der Waals surface area contributed by atoms with Crippen molar-refractivity contribution >= 4 is 141 Å². The topological polar surface area (TPSA) is 350 Å². The second-order valence-corrected chi connectivity index (χ2v) is 40.0. The van der Waals surface area contributed by atoms with Crippen LogP contribution < -0.4 is 0 Å². The number of nitrogens with zero attached hydrogens (tertiary/aromatic N) is 8. The lowest BCUT2D eigenvalue weighted by Gasteiger charge is -2.45. The molecule has 4 saturated heterocycles. The summed E-state index contributed by atoms with van der Waals surface area (Å²) in [5.41, 5.74) is 13.9. The summed E-state index contributed by atoms with van der Waals surface area (Å²) in [6.07, 6.45) is 7.87. The van der Waals surface area contributed by atoms with Crippen LogP contribution in [0.3, 0.4) is 0 Å². The van der Waals surface area contributed by atoms with Crippen molar-refractivity contribution in [2.24, 2.45) is 23.7 Å². The monoisotopic (exact) mass is 2140 g/mol. The van der Waals surface area contributed by atoms with E-state index in [4.69, 9.17) is 171 Å². The van der Waals surface area contributed by atoms with Gasteiger partial charge in [0, 0.05) is 92.0 Å². The zero-order valence-electron chi connectivity index (χ0n) is 79.4. The lowest BCUT2D eigenvalue weighted by Crippen LogP contribution is -2.52. The first-order valence-corrected chi connectivity index (χ1v) is 50.6. The molecule has 32 heteroatoms. The number of benzene rings is 12. The van der Waals surface area contributed by atoms with E-state index in [-0.39, 0.29) is 96.8 Å². The average Bonchev–Trinajstić information content (AvgIpc) is 1.72. The van der Waals surface area contributed by atoms with Crippen molar-refractivity contribution in [3.63, 3.8) is 0 Å². The van der Waals surface area contributed by atoms with Gasteiger partial charge in [-0.2, -0.15) is 59.4 Å². The van der Waals surface area contributed by atoms with Gasteiger partial charge in [0.05, 0.1) is 70.7 Å². The predicted octanol–water partition coefficient (Wildman–Crippen LogP) is 23.8. The summed E-state index contributed by atoms with van der Waals surface area (Å²) >= 11 is 50.1. The van der Waals surface area contributed by atoms with Crippen LogP contribution in [-0.4, -0.2) is 118 Å². The Labute approximate surface area is 896 Å². The van der Waals surface area contributed by atoms with E-state index >= 15 is 0 Å². The van der Waals surface area contributed by atoms with Crippen LogP contribution >= 0.6 is 92.8 Å². The average molecular weight is 2140 g/mol. The summed E-state index contributed by atoms with van der Waals surface area (Å²) in [6.45, 7) is 2.82. The molecule has 752 valence electrons. The molecule has 0 bridgehead atoms. The van der Waals surface area contributed by atoms with Crippen molar-refractivity contribution in [1.82, 2.24) is 19.6 Å². The second kappa shape index (κ2) is 54.7. The highest BCUT2D eigenvalue weighted by atomic mass is 35.5. The Hall–Kier alpha value is -13.8. The van der Waals surface area contributed by atoms with Gasteiger partial charge in [-0.05, 0) is 287 Å². The molecule has 0 radical (unpaired) electrons. The third-order valence-electron chi connectivity index (χ3n) is 26.1. The van der Waals surface area contributed by atoms with E-state index in [1.807, 2.05) is 262 Å². The highest BCUT2D eigenvalue weighted by Crippen LogP contribution is 2.52. The second-order valence-electron chi connectivity index (χ2n) is 36.5. The first kappa shape index (κ1) is 111. The maximum absolute atomic E-state index is 13.8. The van der Waals surface area contributed by atoms with E-state index in [1.54, 1.807) is 48.5 Å². The van der Waals surface area contributed by atoms with Gasteiger partial charge in [0.1, 0.15) is 48.8 Å². The highest BCUT2D eigenvalue weighted by Gasteiger charge is 2.51. The van der Waals surface area contributed by atoms with Gasteiger partial charge < -0.3 is 38.5 Å². The Balaban J connectivity index is 0.000000159. The Morgan fingerprint density at radius 3 is 0.547 bits per heavy atom. The highest BCUT2D eigenvalue weighted by molar-refractivity contribution is 6.32. The smallest absolute Gasteiger partial charge is 0.358 e. The van der Waals surface area contributed by atoms with Crippen LogP contribution in [0.4, 0.5) is 0 Å². The summed E-state index contributed by atoms with van der Waals surface area (Å²) in [5, 5.41) is 41.5. The molecular weight excluding hydrogens is 2040 g/mol. The summed E-state index contributed by atoms with van der Waals surface area (Å²) in [7, 11) is 0. The SMILES string of the molecule is N#Cc1ccc(C[C@@H]2O[C@@H](c3cccc(Cl)c3)[C@@H](c3ccc(Cl)cc3)N(CC3CC3)C2=O)cc1.N#Cc1ccc(C[C@@H]2O[C@@H](c3cccc(Cl)c3)[C@@H](c3ccc(Cl)cc3)N(CC3CC3)C2=O)cc1.N#Cc1ccc(C[C@H]2O[C@H](c3cccc(Cl)c3)[C@H](c3ccc(Cl)cc3)N(CC3CC3)C2=O)cc1.N#Cc1ccc(C[C@H]2O[C@H](c3cccc(Cl)c3)[C@H](c3ccc(Cl)cc3)N(CC3CC3)C2=O)cc1.O=C=O.O=C=O.O=C=O.O=C=O. The van der Waals surface area contributed by atoms with E-state index < -0.39 is 24.4 Å². The number of halogens is 8. The number of morpholine rings is 4. The number of nitriles is 4. The van der Waals surface area contributed by atoms with Crippen LogP contribution in [0, 0.1) is 69.0 Å². The van der Waals surface area contributed by atoms with Crippen molar-refractivity contribution in [2.45, 2.75) is 150 Å². The van der Waals surface area contributed by atoms with Gasteiger partial charge in [0.25, 0.3) is 23.6 Å². The standard InChI is InChI=1S/4C28H24Cl2N2O2.4CO2/c4*29-23-12-10-21(11-13-23)26-27(22-2-1-3-24(30)15-22)34-25(28(33)32(26)17-20-8-9-20)14-18-4-6-19(16-31)7-5-18;4*2-1-3/h4*1-7,10-13,15,20,25-27H,8-9,14,17H2;;;;/t4*25-,26+,27-;;;;/m1100..../s1. The van der Waals surface area contributed by atoms with Gasteiger partial charge in [0.15, 0.2) is 0 Å². The number of hydrogen-bond donors (Lipinski definition) is 0. The zero-order valence-corrected chi connectivity index (χ0v) is 85.4. The van der Waals surface area contributed by atoms with Crippen molar-refractivity contribution in [3.05, 3.63) is 420 Å². The number of hydrogen-bond acceptors (Lipinski definition) is 20. The summed E-state index contributed by atoms with van der Waals surface area (Å²) in [6, 6.07) is 98.1. The van der Waals surface area contributed by atoms with Crippen LogP contribution in [0.25, 0.3) is 0 Å². The fourth-order valence-corrected chi connectivity index (χ4v) is 19.7. The van der Waals surface area contributed by atoms with E-state index in [0.29, 0.717) is 138 Å². The summed E-state index contributed by atoms with van der Waals surface area (Å²) in [5.74, 6) is 2.06. The molecule has 12 aromatic rings. The maximum Gasteiger partial charge on any atom is 0.373 e. The minimum absolute atomic E-state index is 0.00510. The molecule has 4 aliphatic heterocycles. The molecule has 0 spiro atoms. The Kier molecular flexibility index (Phi) is 41.2. The largest absolute Gasteiger partial charge is 0.373 e. The van der Waals surface area contributed by atoms with Crippen molar-refractivity contribution in [3.8, 4) is 24.3 Å². The van der Waals surface area contributed by atoms with Crippen LogP contribution in [-0.2, 0) is 102 Å². The summed E-state index contributed by atoms with van der Waals surface area (Å²) < 4.78 is 26.3.